The van der Waals surface area contributed by atoms with E-state index in [0.29, 0.717) is 11.4 Å². The molecule has 0 atom stereocenters. The van der Waals surface area contributed by atoms with Crippen LogP contribution in [-0.2, 0) is 13.6 Å². The number of pyridine rings is 1. The van der Waals surface area contributed by atoms with Crippen LogP contribution in [0.1, 0.15) is 21.9 Å². The lowest BCUT2D eigenvalue weighted by Crippen LogP contribution is -2.25. The minimum atomic E-state index is -0.361. The lowest BCUT2D eigenvalue weighted by atomic mass is 10.2. The fourth-order valence-electron chi connectivity index (χ4n) is 1.53. The van der Waals surface area contributed by atoms with Crippen LogP contribution in [0.15, 0.2) is 24.7 Å². The van der Waals surface area contributed by atoms with Gasteiger partial charge in [-0.05, 0) is 12.1 Å². The lowest BCUT2D eigenvalue weighted by molar-refractivity contribution is 0.0944. The monoisotopic (exact) mass is 271 g/mol. The van der Waals surface area contributed by atoms with Crippen molar-refractivity contribution >= 4 is 5.91 Å². The Morgan fingerprint density at radius 2 is 2.35 bits per heavy atom. The van der Waals surface area contributed by atoms with Crippen LogP contribution in [0.25, 0.3) is 0 Å². The summed E-state index contributed by atoms with van der Waals surface area (Å²) in [6, 6.07) is 3.35. The van der Waals surface area contributed by atoms with Crippen LogP contribution in [0, 0.1) is 11.8 Å². The van der Waals surface area contributed by atoms with Crippen LogP contribution in [0.4, 0.5) is 0 Å². The molecular weight excluding hydrogens is 258 g/mol. The van der Waals surface area contributed by atoms with E-state index in [1.165, 1.54) is 6.20 Å². The summed E-state index contributed by atoms with van der Waals surface area (Å²) in [5.41, 5.74) is 0.678. The molecule has 102 valence electrons. The molecule has 20 heavy (non-hydrogen) atoms. The number of amides is 1. The summed E-state index contributed by atoms with van der Waals surface area (Å²) in [5, 5.41) is 15.4. The molecule has 0 unspecified atom stereocenters. The molecule has 2 heterocycles. The molecule has 0 radical (unpaired) electrons. The van der Waals surface area contributed by atoms with E-state index in [-0.39, 0.29) is 24.8 Å². The number of nitrogens with one attached hydrogen (secondary N) is 1. The Morgan fingerprint density at radius 1 is 1.50 bits per heavy atom. The van der Waals surface area contributed by atoms with Gasteiger partial charge in [-0.2, -0.15) is 5.10 Å². The maximum atomic E-state index is 12.0. The summed E-state index contributed by atoms with van der Waals surface area (Å²) in [5.74, 6) is 5.33. The van der Waals surface area contributed by atoms with Gasteiger partial charge in [-0.3, -0.25) is 9.48 Å². The first kappa shape index (κ1) is 13.7. The molecule has 0 aliphatic rings. The molecule has 0 fully saturated rings. The number of hydrogen-bond acceptors (Lipinski definition) is 5. The van der Waals surface area contributed by atoms with Crippen molar-refractivity contribution in [3.8, 4) is 11.8 Å². The maximum absolute atomic E-state index is 12.0. The van der Waals surface area contributed by atoms with Gasteiger partial charge in [0.2, 0.25) is 0 Å². The van der Waals surface area contributed by atoms with Gasteiger partial charge in [-0.1, -0.05) is 11.8 Å². The second kappa shape index (κ2) is 6.45. The van der Waals surface area contributed by atoms with Crippen LogP contribution in [0.3, 0.4) is 0 Å². The fourth-order valence-corrected chi connectivity index (χ4v) is 1.53. The van der Waals surface area contributed by atoms with Crippen molar-refractivity contribution < 1.29 is 9.90 Å². The van der Waals surface area contributed by atoms with E-state index in [4.69, 9.17) is 5.11 Å². The highest BCUT2D eigenvalue weighted by atomic mass is 16.2. The molecule has 2 aromatic heterocycles. The molecule has 0 aliphatic carbocycles. The van der Waals surface area contributed by atoms with Crippen LogP contribution in [0.5, 0.6) is 0 Å². The minimum absolute atomic E-state index is 0.211. The van der Waals surface area contributed by atoms with E-state index in [2.05, 4.69) is 32.2 Å². The molecule has 0 spiro atoms. The molecule has 7 heteroatoms. The average Bonchev–Trinajstić information content (AvgIpc) is 2.88. The Hall–Kier alpha value is -2.72. The zero-order valence-electron chi connectivity index (χ0n) is 10.9. The number of carbonyl (C=O) groups excluding carboxylic acids is 1. The highest BCUT2D eigenvalue weighted by molar-refractivity contribution is 5.94. The minimum Gasteiger partial charge on any atom is -0.384 e. The van der Waals surface area contributed by atoms with Crippen molar-refractivity contribution in [2.75, 3.05) is 6.61 Å². The SMILES string of the molecule is Cn1cnc(CNC(=O)c2ncccc2C#CCO)n1. The van der Waals surface area contributed by atoms with E-state index in [1.807, 2.05) is 0 Å². The quantitative estimate of drug-likeness (QED) is 0.733. The molecule has 2 rings (SSSR count). The number of rotatable bonds is 3. The van der Waals surface area contributed by atoms with Gasteiger partial charge < -0.3 is 10.4 Å². The fraction of sp³-hybridized carbons (Fsp3) is 0.231. The van der Waals surface area contributed by atoms with Gasteiger partial charge in [-0.25, -0.2) is 9.97 Å². The number of aromatic nitrogens is 4. The van der Waals surface area contributed by atoms with E-state index < -0.39 is 0 Å². The molecule has 0 saturated carbocycles. The van der Waals surface area contributed by atoms with Crippen LogP contribution in [0.2, 0.25) is 0 Å². The third-order valence-corrected chi connectivity index (χ3v) is 2.38. The molecule has 2 aromatic rings. The van der Waals surface area contributed by atoms with E-state index in [1.54, 1.807) is 30.2 Å². The lowest BCUT2D eigenvalue weighted by Gasteiger charge is -2.03. The van der Waals surface area contributed by atoms with Gasteiger partial charge in [0, 0.05) is 13.2 Å². The standard InChI is InChI=1S/C13H13N5O2/c1-18-9-16-11(17-18)8-15-13(20)12-10(5-3-7-19)4-2-6-14-12/h2,4,6,9,19H,7-8H2,1H3,(H,15,20). The largest absolute Gasteiger partial charge is 0.384 e. The smallest absolute Gasteiger partial charge is 0.271 e. The van der Waals surface area contributed by atoms with Gasteiger partial charge in [0.15, 0.2) is 5.82 Å². The van der Waals surface area contributed by atoms with Gasteiger partial charge in [0.1, 0.15) is 18.6 Å². The van der Waals surface area contributed by atoms with Crippen molar-refractivity contribution in [2.24, 2.45) is 7.05 Å². The zero-order valence-corrected chi connectivity index (χ0v) is 10.9. The first-order valence-electron chi connectivity index (χ1n) is 5.88. The Kier molecular flexibility index (Phi) is 4.42. The molecule has 1 amide bonds. The molecule has 0 bridgehead atoms. The summed E-state index contributed by atoms with van der Waals surface area (Å²) in [6.45, 7) is -0.0586. The summed E-state index contributed by atoms with van der Waals surface area (Å²) in [6.07, 6.45) is 3.07. The first-order valence-corrected chi connectivity index (χ1v) is 5.88. The second-order valence-corrected chi connectivity index (χ2v) is 3.88. The first-order chi connectivity index (χ1) is 9.70. The van der Waals surface area contributed by atoms with Crippen LogP contribution in [-0.4, -0.2) is 37.4 Å². The Labute approximate surface area is 115 Å². The Balaban J connectivity index is 2.09. The third kappa shape index (κ3) is 3.40. The zero-order chi connectivity index (χ0) is 14.4. The van der Waals surface area contributed by atoms with Crippen molar-refractivity contribution in [1.82, 2.24) is 25.1 Å². The second-order valence-electron chi connectivity index (χ2n) is 3.88. The Bertz CT molecular complexity index is 669. The molecule has 7 nitrogen and oxygen atoms in total. The van der Waals surface area contributed by atoms with Crippen molar-refractivity contribution in [2.45, 2.75) is 6.54 Å². The predicted octanol–water partition coefficient (Wildman–Crippen LogP) is -0.516. The summed E-state index contributed by atoms with van der Waals surface area (Å²) in [4.78, 5) is 20.1. The number of carbonyl (C=O) groups is 1. The molecule has 2 N–H and O–H groups in total. The summed E-state index contributed by atoms with van der Waals surface area (Å²) < 4.78 is 1.56. The number of aliphatic hydroxyl groups is 1. The summed E-state index contributed by atoms with van der Waals surface area (Å²) in [7, 11) is 1.75. The molecule has 0 saturated heterocycles. The number of nitrogens with zero attached hydrogens (tertiary/aromatic N) is 4. The van der Waals surface area contributed by atoms with Crippen molar-refractivity contribution in [3.63, 3.8) is 0 Å². The van der Waals surface area contributed by atoms with Crippen LogP contribution < -0.4 is 5.32 Å². The molecule has 0 aromatic carbocycles. The van der Waals surface area contributed by atoms with E-state index >= 15 is 0 Å². The number of aliphatic hydroxyl groups excluding tert-OH is 1. The average molecular weight is 271 g/mol. The molecule has 0 aliphatic heterocycles. The molecular formula is C13H13N5O2. The Morgan fingerprint density at radius 3 is 3.05 bits per heavy atom. The maximum Gasteiger partial charge on any atom is 0.271 e. The highest BCUT2D eigenvalue weighted by Gasteiger charge is 2.11. The predicted molar refractivity (Wildman–Crippen MR) is 70.4 cm³/mol. The van der Waals surface area contributed by atoms with E-state index in [0.717, 1.165) is 0 Å². The third-order valence-electron chi connectivity index (χ3n) is 2.38. The van der Waals surface area contributed by atoms with Gasteiger partial charge >= 0.3 is 0 Å². The van der Waals surface area contributed by atoms with Crippen molar-refractivity contribution in [3.05, 3.63) is 41.7 Å². The van der Waals surface area contributed by atoms with E-state index in [9.17, 15) is 4.79 Å². The van der Waals surface area contributed by atoms with Crippen molar-refractivity contribution in [1.29, 1.82) is 0 Å². The van der Waals surface area contributed by atoms with Gasteiger partial charge in [0.25, 0.3) is 5.91 Å². The normalized spacial score (nSPS) is 9.70. The van der Waals surface area contributed by atoms with Gasteiger partial charge in [-0.15, -0.1) is 0 Å². The van der Waals surface area contributed by atoms with Crippen LogP contribution >= 0.6 is 0 Å². The van der Waals surface area contributed by atoms with Gasteiger partial charge in [0.05, 0.1) is 12.1 Å². The number of aryl methyl sites for hydroxylation is 1. The highest BCUT2D eigenvalue weighted by Crippen LogP contribution is 2.03. The topological polar surface area (TPSA) is 92.9 Å². The number of hydrogen-bond donors (Lipinski definition) is 2. The summed E-state index contributed by atoms with van der Waals surface area (Å²) >= 11 is 0.